The van der Waals surface area contributed by atoms with Crippen LogP contribution in [-0.2, 0) is 0 Å². The molecule has 1 aromatic rings. The minimum Gasteiger partial charge on any atom is -0.396 e. The Bertz CT molecular complexity index is 429. The lowest BCUT2D eigenvalue weighted by Crippen LogP contribution is -2.31. The standard InChI is InChI=1S/C17H24ClNO/c18-16-8-6-13(7-9-16)17(12-4-5-12)19-10-14-2-1-3-15(14)11-20/h6-9,12,14-15,17,19-20H,1-5,10-11H2. The summed E-state index contributed by atoms with van der Waals surface area (Å²) < 4.78 is 0. The van der Waals surface area contributed by atoms with Gasteiger partial charge >= 0.3 is 0 Å². The Hall–Kier alpha value is -0.570. The average Bonchev–Trinajstić information content (AvgIpc) is 3.19. The molecule has 3 heteroatoms. The second-order valence-electron chi connectivity index (χ2n) is 6.41. The lowest BCUT2D eigenvalue weighted by molar-refractivity contribution is 0.189. The van der Waals surface area contributed by atoms with Gasteiger partial charge in [-0.1, -0.05) is 30.2 Å². The Balaban J connectivity index is 1.61. The van der Waals surface area contributed by atoms with Gasteiger partial charge in [0.15, 0.2) is 0 Å². The van der Waals surface area contributed by atoms with E-state index >= 15 is 0 Å². The van der Waals surface area contributed by atoms with Crippen molar-refractivity contribution in [1.82, 2.24) is 5.32 Å². The molecule has 3 atom stereocenters. The van der Waals surface area contributed by atoms with Gasteiger partial charge in [-0.05, 0) is 67.7 Å². The summed E-state index contributed by atoms with van der Waals surface area (Å²) in [7, 11) is 0. The molecular weight excluding hydrogens is 270 g/mol. The van der Waals surface area contributed by atoms with E-state index in [4.69, 9.17) is 11.6 Å². The van der Waals surface area contributed by atoms with E-state index in [1.54, 1.807) is 0 Å². The molecule has 2 fully saturated rings. The first kappa shape index (κ1) is 14.4. The van der Waals surface area contributed by atoms with E-state index in [0.717, 1.165) is 17.5 Å². The molecule has 0 heterocycles. The number of aliphatic hydroxyl groups excluding tert-OH is 1. The third kappa shape index (κ3) is 3.36. The predicted octanol–water partition coefficient (Wildman–Crippen LogP) is 3.79. The van der Waals surface area contributed by atoms with Crippen molar-refractivity contribution in [2.24, 2.45) is 17.8 Å². The van der Waals surface area contributed by atoms with Gasteiger partial charge in [0.2, 0.25) is 0 Å². The molecular formula is C17H24ClNO. The van der Waals surface area contributed by atoms with Gasteiger partial charge in [-0.15, -0.1) is 0 Å². The van der Waals surface area contributed by atoms with Crippen LogP contribution < -0.4 is 5.32 Å². The SMILES string of the molecule is OCC1CCCC1CNC(c1ccc(Cl)cc1)C1CC1. The summed E-state index contributed by atoms with van der Waals surface area (Å²) >= 11 is 5.98. The molecule has 0 bridgehead atoms. The monoisotopic (exact) mass is 293 g/mol. The van der Waals surface area contributed by atoms with E-state index in [1.807, 2.05) is 12.1 Å². The fourth-order valence-corrected chi connectivity index (χ4v) is 3.68. The Kier molecular flexibility index (Phi) is 4.65. The molecule has 0 saturated heterocycles. The van der Waals surface area contributed by atoms with Crippen LogP contribution in [0.5, 0.6) is 0 Å². The lowest BCUT2D eigenvalue weighted by atomic mass is 9.95. The molecule has 0 radical (unpaired) electrons. The molecule has 3 rings (SSSR count). The number of aliphatic hydroxyl groups is 1. The molecule has 2 nitrogen and oxygen atoms in total. The highest BCUT2D eigenvalue weighted by molar-refractivity contribution is 6.30. The smallest absolute Gasteiger partial charge is 0.0462 e. The van der Waals surface area contributed by atoms with E-state index in [1.165, 1.54) is 37.7 Å². The maximum atomic E-state index is 9.43. The average molecular weight is 294 g/mol. The van der Waals surface area contributed by atoms with Gasteiger partial charge in [0.05, 0.1) is 0 Å². The van der Waals surface area contributed by atoms with Crippen molar-refractivity contribution in [3.63, 3.8) is 0 Å². The molecule has 20 heavy (non-hydrogen) atoms. The molecule has 1 aromatic carbocycles. The second-order valence-corrected chi connectivity index (χ2v) is 6.84. The van der Waals surface area contributed by atoms with Gasteiger partial charge in [-0.25, -0.2) is 0 Å². The highest BCUT2D eigenvalue weighted by atomic mass is 35.5. The number of hydrogen-bond donors (Lipinski definition) is 2. The Morgan fingerprint density at radius 3 is 2.45 bits per heavy atom. The van der Waals surface area contributed by atoms with Crippen LogP contribution in [0.15, 0.2) is 24.3 Å². The van der Waals surface area contributed by atoms with Crippen LogP contribution >= 0.6 is 11.6 Å². The summed E-state index contributed by atoms with van der Waals surface area (Å²) in [6.07, 6.45) is 6.38. The van der Waals surface area contributed by atoms with Gasteiger partial charge in [0.1, 0.15) is 0 Å². The highest BCUT2D eigenvalue weighted by Gasteiger charge is 2.34. The van der Waals surface area contributed by atoms with Crippen LogP contribution in [-0.4, -0.2) is 18.3 Å². The van der Waals surface area contributed by atoms with E-state index in [0.29, 0.717) is 24.5 Å². The summed E-state index contributed by atoms with van der Waals surface area (Å²) in [5.74, 6) is 1.94. The predicted molar refractivity (Wildman–Crippen MR) is 82.8 cm³/mol. The molecule has 2 aliphatic carbocycles. The zero-order valence-corrected chi connectivity index (χ0v) is 12.6. The molecule has 0 spiro atoms. The minimum atomic E-state index is 0.349. The summed E-state index contributed by atoms with van der Waals surface area (Å²) in [6.45, 7) is 1.39. The van der Waals surface area contributed by atoms with Crippen molar-refractivity contribution in [2.45, 2.75) is 38.1 Å². The van der Waals surface area contributed by atoms with Crippen LogP contribution in [0.4, 0.5) is 0 Å². The molecule has 0 amide bonds. The molecule has 110 valence electrons. The van der Waals surface area contributed by atoms with Crippen molar-refractivity contribution in [3.8, 4) is 0 Å². The number of halogens is 1. The van der Waals surface area contributed by atoms with Gasteiger partial charge < -0.3 is 10.4 Å². The Morgan fingerprint density at radius 2 is 1.80 bits per heavy atom. The number of benzene rings is 1. The summed E-state index contributed by atoms with van der Waals surface area (Å²) in [6, 6.07) is 8.74. The van der Waals surface area contributed by atoms with Gasteiger partial charge in [-0.2, -0.15) is 0 Å². The molecule has 3 unspecified atom stereocenters. The van der Waals surface area contributed by atoms with Gasteiger partial charge in [0.25, 0.3) is 0 Å². The van der Waals surface area contributed by atoms with Gasteiger partial charge in [0, 0.05) is 17.7 Å². The van der Waals surface area contributed by atoms with Crippen LogP contribution in [0.25, 0.3) is 0 Å². The van der Waals surface area contributed by atoms with Crippen molar-refractivity contribution in [3.05, 3.63) is 34.9 Å². The number of hydrogen-bond acceptors (Lipinski definition) is 2. The lowest BCUT2D eigenvalue weighted by Gasteiger charge is -2.24. The molecule has 2 saturated carbocycles. The maximum absolute atomic E-state index is 9.43. The molecule has 0 aliphatic heterocycles. The fraction of sp³-hybridized carbons (Fsp3) is 0.647. The summed E-state index contributed by atoms with van der Waals surface area (Å²) in [5.41, 5.74) is 1.36. The fourth-order valence-electron chi connectivity index (χ4n) is 3.56. The topological polar surface area (TPSA) is 32.3 Å². The first-order valence-corrected chi connectivity index (χ1v) is 8.25. The molecule has 2 aliphatic rings. The van der Waals surface area contributed by atoms with Crippen molar-refractivity contribution in [2.75, 3.05) is 13.2 Å². The summed E-state index contributed by atoms with van der Waals surface area (Å²) in [4.78, 5) is 0. The highest BCUT2D eigenvalue weighted by Crippen LogP contribution is 2.41. The van der Waals surface area contributed by atoms with Crippen molar-refractivity contribution in [1.29, 1.82) is 0 Å². The zero-order chi connectivity index (χ0) is 13.9. The van der Waals surface area contributed by atoms with E-state index < -0.39 is 0 Å². The minimum absolute atomic E-state index is 0.349. The quantitative estimate of drug-likeness (QED) is 0.836. The number of nitrogens with one attached hydrogen (secondary N) is 1. The zero-order valence-electron chi connectivity index (χ0n) is 11.9. The Labute approximate surface area is 126 Å². The number of rotatable bonds is 6. The van der Waals surface area contributed by atoms with E-state index in [9.17, 15) is 5.11 Å². The van der Waals surface area contributed by atoms with Crippen LogP contribution in [0.3, 0.4) is 0 Å². The molecule has 2 N–H and O–H groups in total. The normalized spacial score (nSPS) is 27.7. The van der Waals surface area contributed by atoms with E-state index in [-0.39, 0.29) is 0 Å². The first-order valence-electron chi connectivity index (χ1n) is 7.87. The van der Waals surface area contributed by atoms with Crippen molar-refractivity contribution < 1.29 is 5.11 Å². The summed E-state index contributed by atoms with van der Waals surface area (Å²) in [5, 5.41) is 14.0. The largest absolute Gasteiger partial charge is 0.396 e. The Morgan fingerprint density at radius 1 is 1.10 bits per heavy atom. The second kappa shape index (κ2) is 6.46. The van der Waals surface area contributed by atoms with Crippen LogP contribution in [0.2, 0.25) is 5.02 Å². The van der Waals surface area contributed by atoms with Crippen LogP contribution in [0.1, 0.15) is 43.7 Å². The van der Waals surface area contributed by atoms with Crippen molar-refractivity contribution >= 4 is 11.6 Å². The molecule has 0 aromatic heterocycles. The third-order valence-electron chi connectivity index (χ3n) is 4.97. The first-order chi connectivity index (χ1) is 9.78. The van der Waals surface area contributed by atoms with E-state index in [2.05, 4.69) is 17.4 Å². The maximum Gasteiger partial charge on any atom is 0.0462 e. The van der Waals surface area contributed by atoms with Crippen LogP contribution in [0, 0.1) is 17.8 Å². The van der Waals surface area contributed by atoms with Gasteiger partial charge in [-0.3, -0.25) is 0 Å². The third-order valence-corrected chi connectivity index (χ3v) is 5.23.